The number of fused-ring (bicyclic) bond motifs is 1. The number of rotatable bonds is 11. The zero-order valence-corrected chi connectivity index (χ0v) is 27.3. The van der Waals surface area contributed by atoms with Gasteiger partial charge in [-0.05, 0) is 29.2 Å². The Morgan fingerprint density at radius 3 is 2.13 bits per heavy atom. The number of hydrogen-bond donors (Lipinski definition) is 2. The zero-order valence-electron chi connectivity index (χ0n) is 24.9. The predicted molar refractivity (Wildman–Crippen MR) is 176 cm³/mol. The molecule has 3 aromatic carbocycles. The van der Waals surface area contributed by atoms with Crippen LogP contribution in [0.4, 0.5) is 0 Å². The lowest BCUT2D eigenvalue weighted by molar-refractivity contribution is -0.194. The Morgan fingerprint density at radius 2 is 1.59 bits per heavy atom. The van der Waals surface area contributed by atoms with Crippen molar-refractivity contribution in [2.45, 2.75) is 34.6 Å². The molecule has 0 spiro atoms. The minimum absolute atomic E-state index is 0.102. The summed E-state index contributed by atoms with van der Waals surface area (Å²) in [5.74, 6) is -1.40. The van der Waals surface area contributed by atoms with Gasteiger partial charge in [-0.25, -0.2) is 4.79 Å². The number of aryl methyl sites for hydroxylation is 1. The predicted octanol–water partition coefficient (Wildman–Crippen LogP) is 4.63. The molecule has 2 aliphatic rings. The number of aromatic nitrogens is 2. The molecule has 0 radical (unpaired) electrons. The second-order valence-corrected chi connectivity index (χ2v) is 14.0. The van der Waals surface area contributed by atoms with Crippen LogP contribution in [-0.4, -0.2) is 67.7 Å². The van der Waals surface area contributed by atoms with Crippen LogP contribution in [0.25, 0.3) is 0 Å². The second-order valence-electron chi connectivity index (χ2n) is 10.5. The lowest BCUT2D eigenvalue weighted by atomic mass is 9.97. The minimum Gasteiger partial charge on any atom is -0.448 e. The Bertz CT molecular complexity index is 1720. The fourth-order valence-electron chi connectivity index (χ4n) is 5.31. The molecule has 1 fully saturated rings. The molecule has 6 rings (SSSR count). The Balaban J connectivity index is 1.32. The molecule has 1 aromatic heterocycles. The van der Waals surface area contributed by atoms with Gasteiger partial charge >= 0.3 is 5.97 Å². The summed E-state index contributed by atoms with van der Waals surface area (Å²) in [5, 5.41) is 21.7. The normalized spacial score (nSPS) is 19.8. The van der Waals surface area contributed by atoms with Crippen molar-refractivity contribution in [3.8, 4) is 0 Å². The summed E-state index contributed by atoms with van der Waals surface area (Å²) in [5.41, 5.74) is 0.897. The van der Waals surface area contributed by atoms with Crippen LogP contribution in [0.1, 0.15) is 33.9 Å². The number of carbonyl (C=O) groups excluding carboxylic acids is 3. The van der Waals surface area contributed by atoms with Gasteiger partial charge in [-0.1, -0.05) is 114 Å². The molecule has 0 aliphatic carbocycles. The summed E-state index contributed by atoms with van der Waals surface area (Å²) in [6, 6.07) is 27.2. The van der Waals surface area contributed by atoms with Crippen molar-refractivity contribution in [2.24, 2.45) is 0 Å². The SMILES string of the molecule is COC1(NC(=O)C(O)c2ccccc2)C(=O)N2C(C(=O)OC(c3ccccc3)c3ccccc3)=C(CSc3nnc(C)s3)CS[C@H]21. The molecule has 4 aromatic rings. The van der Waals surface area contributed by atoms with Crippen molar-refractivity contribution in [3.05, 3.63) is 124 Å². The minimum atomic E-state index is -1.80. The Kier molecular flexibility index (Phi) is 9.57. The van der Waals surface area contributed by atoms with E-state index in [1.54, 1.807) is 30.3 Å². The fraction of sp³-hybridized carbons (Fsp3) is 0.242. The first-order valence-corrected chi connectivity index (χ1v) is 17.2. The van der Waals surface area contributed by atoms with E-state index in [1.165, 1.54) is 46.9 Å². The average Bonchev–Trinajstić information content (AvgIpc) is 3.53. The summed E-state index contributed by atoms with van der Waals surface area (Å²) in [6.07, 6.45) is -2.26. The third-order valence-electron chi connectivity index (χ3n) is 7.60. The molecular formula is C33H30N4O6S3. The number of esters is 1. The third kappa shape index (κ3) is 6.20. The molecule has 236 valence electrons. The van der Waals surface area contributed by atoms with Gasteiger partial charge < -0.3 is 19.9 Å². The number of β-lactam (4-membered cyclic amide) rings is 1. The van der Waals surface area contributed by atoms with E-state index in [9.17, 15) is 19.5 Å². The topological polar surface area (TPSA) is 131 Å². The van der Waals surface area contributed by atoms with Gasteiger partial charge in [-0.15, -0.1) is 22.0 Å². The molecule has 2 N–H and O–H groups in total. The Labute approximate surface area is 278 Å². The van der Waals surface area contributed by atoms with Crippen LogP contribution in [0.5, 0.6) is 0 Å². The summed E-state index contributed by atoms with van der Waals surface area (Å²) < 4.78 is 12.6. The molecule has 0 saturated carbocycles. The lowest BCUT2D eigenvalue weighted by Gasteiger charge is -2.56. The van der Waals surface area contributed by atoms with E-state index in [-0.39, 0.29) is 5.70 Å². The van der Waals surface area contributed by atoms with Crippen LogP contribution in [0.2, 0.25) is 0 Å². The van der Waals surface area contributed by atoms with Gasteiger partial charge in [0.25, 0.3) is 17.5 Å². The van der Waals surface area contributed by atoms with Crippen molar-refractivity contribution < 1.29 is 29.0 Å². The maximum Gasteiger partial charge on any atom is 0.356 e. The summed E-state index contributed by atoms with van der Waals surface area (Å²) in [7, 11) is 1.32. The number of amides is 2. The summed E-state index contributed by atoms with van der Waals surface area (Å²) in [6.45, 7) is 1.87. The first-order chi connectivity index (χ1) is 22.3. The maximum atomic E-state index is 14.2. The van der Waals surface area contributed by atoms with Crippen LogP contribution in [-0.2, 0) is 23.9 Å². The molecular weight excluding hydrogens is 645 g/mol. The highest BCUT2D eigenvalue weighted by molar-refractivity contribution is 8.01. The standard InChI is InChI=1S/C33H30N4O6S3/c1-20-35-36-32(46-20)45-19-24-18-44-31-33(42-2,34-28(39)26(38)21-12-6-3-7-13-21)30(41)37(31)25(24)29(40)43-27(22-14-8-4-9-15-22)23-16-10-5-11-17-23/h3-17,26-27,31,38H,18-19H2,1-2H3,(H,34,39)/t26?,31-,33?/m0/s1. The number of carbonyl (C=O) groups is 3. The fourth-order valence-corrected chi connectivity index (χ4v) is 8.71. The molecule has 1 saturated heterocycles. The number of aliphatic hydroxyl groups is 1. The smallest absolute Gasteiger partial charge is 0.356 e. The van der Waals surface area contributed by atoms with Crippen molar-refractivity contribution >= 4 is 52.6 Å². The molecule has 0 bridgehead atoms. The van der Waals surface area contributed by atoms with Crippen LogP contribution in [0, 0.1) is 6.92 Å². The van der Waals surface area contributed by atoms with Crippen molar-refractivity contribution in [1.82, 2.24) is 20.4 Å². The summed E-state index contributed by atoms with van der Waals surface area (Å²) >= 11 is 4.21. The highest BCUT2D eigenvalue weighted by Crippen LogP contribution is 2.48. The number of benzene rings is 3. The number of thioether (sulfide) groups is 2. The average molecular weight is 675 g/mol. The van der Waals surface area contributed by atoms with Crippen LogP contribution in [0.15, 0.2) is 107 Å². The van der Waals surface area contributed by atoms with Gasteiger partial charge in [-0.2, -0.15) is 0 Å². The van der Waals surface area contributed by atoms with Crippen molar-refractivity contribution in [2.75, 3.05) is 18.6 Å². The number of aliphatic hydroxyl groups excluding tert-OH is 1. The zero-order chi connectivity index (χ0) is 32.3. The molecule has 3 atom stereocenters. The molecule has 10 nitrogen and oxygen atoms in total. The van der Waals surface area contributed by atoms with E-state index in [2.05, 4.69) is 15.5 Å². The number of nitrogens with one attached hydrogen (secondary N) is 1. The second kappa shape index (κ2) is 13.8. The van der Waals surface area contributed by atoms with E-state index in [4.69, 9.17) is 9.47 Å². The number of hydrogen-bond acceptors (Lipinski definition) is 11. The van der Waals surface area contributed by atoms with Gasteiger partial charge in [0.05, 0.1) is 0 Å². The van der Waals surface area contributed by atoms with E-state index in [1.807, 2.05) is 67.6 Å². The van der Waals surface area contributed by atoms with Gasteiger partial charge in [0.2, 0.25) is 0 Å². The first kappa shape index (κ1) is 32.0. The van der Waals surface area contributed by atoms with Gasteiger partial charge in [-0.3, -0.25) is 14.5 Å². The van der Waals surface area contributed by atoms with Crippen molar-refractivity contribution in [3.63, 3.8) is 0 Å². The van der Waals surface area contributed by atoms with Gasteiger partial charge in [0, 0.05) is 18.6 Å². The number of methoxy groups -OCH3 is 1. The molecule has 2 unspecified atom stereocenters. The first-order valence-electron chi connectivity index (χ1n) is 14.3. The van der Waals surface area contributed by atoms with Crippen LogP contribution >= 0.6 is 34.9 Å². The molecule has 13 heteroatoms. The van der Waals surface area contributed by atoms with Gasteiger partial charge in [0.15, 0.2) is 16.5 Å². The number of ether oxygens (including phenoxy) is 2. The third-order valence-corrected chi connectivity index (χ3v) is 11.0. The molecule has 3 heterocycles. The molecule has 2 amide bonds. The largest absolute Gasteiger partial charge is 0.448 e. The van der Waals surface area contributed by atoms with E-state index in [0.29, 0.717) is 22.6 Å². The molecule has 46 heavy (non-hydrogen) atoms. The molecule has 2 aliphatic heterocycles. The quantitative estimate of drug-likeness (QED) is 0.101. The van der Waals surface area contributed by atoms with Gasteiger partial charge in [0.1, 0.15) is 16.1 Å². The maximum absolute atomic E-state index is 14.2. The lowest BCUT2D eigenvalue weighted by Crippen LogP contribution is -2.81. The van der Waals surface area contributed by atoms with E-state index in [0.717, 1.165) is 20.5 Å². The Morgan fingerprint density at radius 1 is 1.00 bits per heavy atom. The Hall–Kier alpha value is -4.01. The van der Waals surface area contributed by atoms with E-state index < -0.39 is 41.1 Å². The van der Waals surface area contributed by atoms with Crippen LogP contribution < -0.4 is 5.32 Å². The summed E-state index contributed by atoms with van der Waals surface area (Å²) in [4.78, 5) is 42.8. The monoisotopic (exact) mass is 674 g/mol. The van der Waals surface area contributed by atoms with E-state index >= 15 is 0 Å². The van der Waals surface area contributed by atoms with Crippen LogP contribution in [0.3, 0.4) is 0 Å². The highest BCUT2D eigenvalue weighted by atomic mass is 32.2. The number of nitrogens with zero attached hydrogens (tertiary/aromatic N) is 3. The highest BCUT2D eigenvalue weighted by Gasteiger charge is 2.67. The van der Waals surface area contributed by atoms with Crippen molar-refractivity contribution in [1.29, 1.82) is 0 Å².